The number of piperazine rings is 1. The van der Waals surface area contributed by atoms with E-state index in [1.807, 2.05) is 7.05 Å². The van der Waals surface area contributed by atoms with Gasteiger partial charge >= 0.3 is 18.3 Å². The number of rotatable bonds is 11. The average molecular weight is 581 g/mol. The van der Waals surface area contributed by atoms with Gasteiger partial charge in [-0.1, -0.05) is 12.8 Å². The second kappa shape index (κ2) is 15.5. The molecule has 1 saturated heterocycles. The van der Waals surface area contributed by atoms with Gasteiger partial charge in [-0.15, -0.1) is 0 Å². The van der Waals surface area contributed by atoms with Crippen LogP contribution in [0.15, 0.2) is 0 Å². The first kappa shape index (κ1) is 34.0. The number of hydrogen-bond donors (Lipinski definition) is 2. The minimum absolute atomic E-state index is 0.0306. The molecule has 0 aromatic rings. The molecule has 0 aromatic carbocycles. The van der Waals surface area contributed by atoms with Gasteiger partial charge in [-0.3, -0.25) is 19.3 Å². The summed E-state index contributed by atoms with van der Waals surface area (Å²) in [5.74, 6) is -5.57. The van der Waals surface area contributed by atoms with Gasteiger partial charge in [-0.25, -0.2) is 4.79 Å². The lowest BCUT2D eigenvalue weighted by atomic mass is 10.0. The molecule has 0 unspecified atom stereocenters. The zero-order valence-corrected chi connectivity index (χ0v) is 21.8. The van der Waals surface area contributed by atoms with Gasteiger partial charge in [0.2, 0.25) is 17.6 Å². The van der Waals surface area contributed by atoms with Crippen LogP contribution in [0.5, 0.6) is 0 Å². The molecule has 2 amide bonds. The van der Waals surface area contributed by atoms with Crippen molar-refractivity contribution in [3.63, 3.8) is 0 Å². The number of nitrogens with two attached hydrogens (primary N) is 1. The van der Waals surface area contributed by atoms with Crippen LogP contribution in [-0.2, 0) is 19.2 Å². The van der Waals surface area contributed by atoms with Gasteiger partial charge in [0.15, 0.2) is 0 Å². The molecule has 16 heteroatoms. The molecule has 0 spiro atoms. The Bertz CT molecular complexity index is 800. The lowest BCUT2D eigenvalue weighted by Crippen LogP contribution is -2.56. The van der Waals surface area contributed by atoms with E-state index in [1.165, 1.54) is 0 Å². The smallest absolute Gasteiger partial charge is 0.475 e. The molecule has 0 bridgehead atoms. The summed E-state index contributed by atoms with van der Waals surface area (Å²) in [6, 6.07) is -0.807. The Kier molecular flexibility index (Phi) is 13.9. The van der Waals surface area contributed by atoms with Gasteiger partial charge in [-0.05, 0) is 38.5 Å². The number of carbonyl (C=O) groups excluding carboxylic acids is 3. The zero-order valence-electron chi connectivity index (χ0n) is 21.0. The molecule has 9 nitrogen and oxygen atoms in total. The number of alkyl halides is 6. The quantitative estimate of drug-likeness (QED) is 0.282. The fraction of sp³-hybridized carbons (Fsp3) is 0.818. The highest BCUT2D eigenvalue weighted by Gasteiger charge is 2.39. The summed E-state index contributed by atoms with van der Waals surface area (Å²) < 4.78 is 68.6. The summed E-state index contributed by atoms with van der Waals surface area (Å²) in [5, 5.41) is 7.12. The van der Waals surface area contributed by atoms with E-state index in [2.05, 4.69) is 9.80 Å². The Balaban J connectivity index is 0.000000905. The van der Waals surface area contributed by atoms with E-state index in [0.717, 1.165) is 63.6 Å². The van der Waals surface area contributed by atoms with Crippen molar-refractivity contribution in [3.05, 3.63) is 0 Å². The Labute approximate surface area is 221 Å². The molecular weight excluding hydrogens is 546 g/mol. The molecule has 220 valence electrons. The van der Waals surface area contributed by atoms with Crippen molar-refractivity contribution in [1.82, 2.24) is 14.7 Å². The first-order valence-corrected chi connectivity index (χ1v) is 13.2. The molecule has 3 N–H and O–H groups in total. The third-order valence-corrected chi connectivity index (χ3v) is 7.23. The van der Waals surface area contributed by atoms with Crippen LogP contribution >= 0.6 is 11.8 Å². The molecule has 2 fully saturated rings. The number of halogens is 6. The minimum Gasteiger partial charge on any atom is -0.475 e. The number of carboxylic acid groups (broad SMARTS) is 1. The number of amides is 2. The van der Waals surface area contributed by atoms with Crippen LogP contribution < -0.4 is 5.73 Å². The van der Waals surface area contributed by atoms with Crippen molar-refractivity contribution in [2.45, 2.75) is 63.0 Å². The Morgan fingerprint density at radius 1 is 1.00 bits per heavy atom. The van der Waals surface area contributed by atoms with E-state index in [-0.39, 0.29) is 30.7 Å². The number of hydrogen-bond acceptors (Lipinski definition) is 7. The molecule has 1 aliphatic heterocycles. The number of thioether (sulfide) groups is 1. The number of aliphatic carboxylic acids is 1. The molecule has 0 radical (unpaired) electrons. The van der Waals surface area contributed by atoms with Gasteiger partial charge in [0.05, 0.1) is 12.3 Å². The highest BCUT2D eigenvalue weighted by atomic mass is 32.2. The van der Waals surface area contributed by atoms with Gasteiger partial charge in [-0.2, -0.15) is 38.1 Å². The van der Waals surface area contributed by atoms with E-state index in [4.69, 9.17) is 15.6 Å². The fourth-order valence-corrected chi connectivity index (χ4v) is 5.00. The molecular formula is C22H34F6N4O5S. The molecule has 2 aliphatic rings. The van der Waals surface area contributed by atoms with Crippen LogP contribution in [-0.4, -0.2) is 119 Å². The largest absolute Gasteiger partial charge is 0.490 e. The molecule has 1 aliphatic carbocycles. The zero-order chi connectivity index (χ0) is 29.1. The van der Waals surface area contributed by atoms with E-state index >= 15 is 0 Å². The van der Waals surface area contributed by atoms with Crippen LogP contribution in [0.1, 0.15) is 38.5 Å². The lowest BCUT2D eigenvalue weighted by molar-refractivity contribution is -0.192. The van der Waals surface area contributed by atoms with E-state index in [0.29, 0.717) is 6.42 Å². The number of Topliss-reactive ketones (excluding diaryl/α,β-unsaturated/α-hetero) is 1. The maximum Gasteiger partial charge on any atom is 0.490 e. The van der Waals surface area contributed by atoms with Gasteiger partial charge in [0.1, 0.15) is 6.04 Å². The predicted octanol–water partition coefficient (Wildman–Crippen LogP) is 2.14. The standard InChI is InChI=1S/C20H33F3N4O3S.C2HF3O2/c1-25-8-10-26(11-9-25)13-18(29)27(15-5-2-3-6-15)16(19(24)30)7-4-12-31-14-17(28)20(21,22)23;3-2(4,5)1(6)7/h15-16H,2-14H2,1H3,(H2,24,30);(H,6,7)/t16-;/m0./s1. The second-order valence-electron chi connectivity index (χ2n) is 9.16. The highest BCUT2D eigenvalue weighted by molar-refractivity contribution is 7.99. The van der Waals surface area contributed by atoms with Gasteiger partial charge < -0.3 is 20.6 Å². The summed E-state index contributed by atoms with van der Waals surface area (Å²) in [5.41, 5.74) is 5.65. The first-order chi connectivity index (χ1) is 17.5. The number of likely N-dealkylation sites (N-methyl/N-ethyl adjacent to an activating group) is 1. The van der Waals surface area contributed by atoms with Crippen molar-refractivity contribution >= 4 is 35.3 Å². The number of nitrogens with zero attached hydrogens (tertiary/aromatic N) is 3. The second-order valence-corrected chi connectivity index (χ2v) is 10.3. The normalized spacial score (nSPS) is 18.4. The maximum absolute atomic E-state index is 13.2. The summed E-state index contributed by atoms with van der Waals surface area (Å²) in [4.78, 5) is 51.2. The molecule has 1 saturated carbocycles. The first-order valence-electron chi connectivity index (χ1n) is 12.0. The van der Waals surface area contributed by atoms with E-state index in [1.54, 1.807) is 4.90 Å². The molecule has 1 heterocycles. The summed E-state index contributed by atoms with van der Waals surface area (Å²) in [6.45, 7) is 3.56. The van der Waals surface area contributed by atoms with Crippen LogP contribution in [0.4, 0.5) is 26.3 Å². The molecule has 38 heavy (non-hydrogen) atoms. The third-order valence-electron chi connectivity index (χ3n) is 6.18. The fourth-order valence-electron chi connectivity index (χ4n) is 4.14. The van der Waals surface area contributed by atoms with Crippen molar-refractivity contribution in [2.75, 3.05) is 51.3 Å². The Hall–Kier alpha value is -2.07. The number of carbonyl (C=O) groups is 4. The Morgan fingerprint density at radius 3 is 1.97 bits per heavy atom. The summed E-state index contributed by atoms with van der Waals surface area (Å²) >= 11 is 0.885. The van der Waals surface area contributed by atoms with Crippen LogP contribution in [0.3, 0.4) is 0 Å². The maximum atomic E-state index is 13.2. The van der Waals surface area contributed by atoms with Crippen molar-refractivity contribution in [1.29, 1.82) is 0 Å². The van der Waals surface area contributed by atoms with Gasteiger partial charge in [0.25, 0.3) is 0 Å². The van der Waals surface area contributed by atoms with E-state index < -0.39 is 41.8 Å². The number of primary amides is 1. The van der Waals surface area contributed by atoms with Crippen molar-refractivity contribution in [2.24, 2.45) is 5.73 Å². The van der Waals surface area contributed by atoms with Crippen LogP contribution in [0.2, 0.25) is 0 Å². The molecule has 2 rings (SSSR count). The summed E-state index contributed by atoms with van der Waals surface area (Å²) in [7, 11) is 2.04. The Morgan fingerprint density at radius 2 is 1.53 bits per heavy atom. The minimum atomic E-state index is -5.08. The van der Waals surface area contributed by atoms with Gasteiger partial charge in [0, 0.05) is 32.2 Å². The van der Waals surface area contributed by atoms with Crippen molar-refractivity contribution in [3.8, 4) is 0 Å². The topological polar surface area (TPSA) is 124 Å². The monoisotopic (exact) mass is 580 g/mol. The predicted molar refractivity (Wildman–Crippen MR) is 127 cm³/mol. The molecule has 0 aromatic heterocycles. The third kappa shape index (κ3) is 12.2. The summed E-state index contributed by atoms with van der Waals surface area (Å²) in [6.07, 6.45) is -5.59. The lowest BCUT2D eigenvalue weighted by Gasteiger charge is -2.38. The van der Waals surface area contributed by atoms with Crippen LogP contribution in [0, 0.1) is 0 Å². The average Bonchev–Trinajstić information content (AvgIpc) is 3.32. The molecule has 1 atom stereocenters. The van der Waals surface area contributed by atoms with Crippen molar-refractivity contribution < 1.29 is 50.6 Å². The number of ketones is 1. The highest BCUT2D eigenvalue weighted by Crippen LogP contribution is 2.27. The SMILES string of the molecule is CN1CCN(CC(=O)N(C2CCCC2)[C@@H](CCCSCC(=O)C(F)(F)F)C(N)=O)CC1.O=C(O)C(F)(F)F. The van der Waals surface area contributed by atoms with E-state index in [9.17, 15) is 40.7 Å². The number of carboxylic acids is 1. The van der Waals surface area contributed by atoms with Crippen LogP contribution in [0.25, 0.3) is 0 Å².